The van der Waals surface area contributed by atoms with Crippen molar-refractivity contribution in [2.24, 2.45) is 4.99 Å². The lowest BCUT2D eigenvalue weighted by molar-refractivity contribution is 0.967. The van der Waals surface area contributed by atoms with Gasteiger partial charge >= 0.3 is 0 Å². The van der Waals surface area contributed by atoms with Gasteiger partial charge in [0, 0.05) is 6.21 Å². The van der Waals surface area contributed by atoms with E-state index >= 15 is 0 Å². The molecule has 1 nitrogen and oxygen atoms in total. The van der Waals surface area contributed by atoms with Crippen LogP contribution in [0, 0.1) is 0 Å². The molecule has 0 saturated heterocycles. The zero-order chi connectivity index (χ0) is 13.7. The van der Waals surface area contributed by atoms with Gasteiger partial charge in [-0.2, -0.15) is 0 Å². The number of benzene rings is 2. The summed E-state index contributed by atoms with van der Waals surface area (Å²) in [4.78, 5) is 4.87. The summed E-state index contributed by atoms with van der Waals surface area (Å²) in [5.74, 6) is 0. The topological polar surface area (TPSA) is 12.4 Å². The van der Waals surface area contributed by atoms with E-state index < -0.39 is 8.07 Å². The van der Waals surface area contributed by atoms with E-state index in [1.54, 1.807) is 0 Å². The molecule has 19 heavy (non-hydrogen) atoms. The van der Waals surface area contributed by atoms with Crippen LogP contribution in [0.25, 0.3) is 0 Å². The van der Waals surface area contributed by atoms with Crippen molar-refractivity contribution in [3.63, 3.8) is 0 Å². The molecule has 2 aromatic carbocycles. The number of nitrogens with zero attached hydrogens (tertiary/aromatic N) is 1. The van der Waals surface area contributed by atoms with Crippen LogP contribution >= 0.6 is 0 Å². The Balaban J connectivity index is 2.28. The lowest BCUT2D eigenvalue weighted by Gasteiger charge is -2.25. The maximum absolute atomic E-state index is 4.87. The van der Waals surface area contributed by atoms with Crippen molar-refractivity contribution in [2.75, 3.05) is 0 Å². The molecule has 0 bridgehead atoms. The first-order valence-corrected chi connectivity index (χ1v) is 10.3. The number of hydrogen-bond donors (Lipinski definition) is 0. The summed E-state index contributed by atoms with van der Waals surface area (Å²) < 4.78 is 0. The van der Waals surface area contributed by atoms with Crippen LogP contribution in [0.3, 0.4) is 0 Å². The largest absolute Gasteiger partial charge is 0.288 e. The van der Waals surface area contributed by atoms with E-state index in [2.05, 4.69) is 62.1 Å². The fourth-order valence-corrected chi connectivity index (χ4v) is 3.86. The quantitative estimate of drug-likeness (QED) is 0.561. The smallest absolute Gasteiger partial charge is 0.0788 e. The third kappa shape index (κ3) is 3.90. The average Bonchev–Trinajstić information content (AvgIpc) is 2.40. The van der Waals surface area contributed by atoms with Crippen molar-refractivity contribution in [1.82, 2.24) is 0 Å². The summed E-state index contributed by atoms with van der Waals surface area (Å²) in [6, 6.07) is 20.9. The highest BCUT2D eigenvalue weighted by molar-refractivity contribution is 6.77. The van der Waals surface area contributed by atoms with Crippen LogP contribution < -0.4 is 0 Å². The van der Waals surface area contributed by atoms with Gasteiger partial charge in [-0.3, -0.25) is 4.99 Å². The molecule has 0 radical (unpaired) electrons. The molecule has 1 atom stereocenters. The molecule has 0 heterocycles. The second kappa shape index (κ2) is 5.98. The lowest BCUT2D eigenvalue weighted by Crippen LogP contribution is -2.29. The van der Waals surface area contributed by atoms with Gasteiger partial charge in [0.05, 0.1) is 13.7 Å². The van der Waals surface area contributed by atoms with Crippen LogP contribution in [0.5, 0.6) is 0 Å². The molecule has 0 saturated carbocycles. The third-order valence-electron chi connectivity index (χ3n) is 3.11. The van der Waals surface area contributed by atoms with Crippen LogP contribution in [-0.4, -0.2) is 14.3 Å². The molecule has 0 aromatic heterocycles. The molecule has 0 aliphatic carbocycles. The van der Waals surface area contributed by atoms with Gasteiger partial charge in [-0.1, -0.05) is 80.3 Å². The molecule has 2 aromatic rings. The fourth-order valence-electron chi connectivity index (χ4n) is 2.14. The highest BCUT2D eigenvalue weighted by Gasteiger charge is 2.27. The highest BCUT2D eigenvalue weighted by Crippen LogP contribution is 2.28. The van der Waals surface area contributed by atoms with Gasteiger partial charge in [-0.25, -0.2) is 0 Å². The number of rotatable bonds is 4. The van der Waals surface area contributed by atoms with Gasteiger partial charge in [-0.05, 0) is 11.1 Å². The SMILES string of the molecule is C[Si](C)(C)C(/N=C/c1ccccc1)c1ccccc1. The van der Waals surface area contributed by atoms with Crippen molar-refractivity contribution in [1.29, 1.82) is 0 Å². The molecule has 0 aliphatic rings. The van der Waals surface area contributed by atoms with Gasteiger partial charge < -0.3 is 0 Å². The standard InChI is InChI=1S/C17H21NSi/c1-19(2,3)17(16-12-8-5-9-13-16)18-14-15-10-6-4-7-11-15/h4-14,17H,1-3H3/b18-14+. The lowest BCUT2D eigenvalue weighted by atomic mass is 10.2. The zero-order valence-corrected chi connectivity index (χ0v) is 12.9. The minimum absolute atomic E-state index is 0.314. The molecule has 0 fully saturated rings. The Hall–Kier alpha value is -1.67. The zero-order valence-electron chi connectivity index (χ0n) is 11.9. The first kappa shape index (κ1) is 13.8. The Bertz CT molecular complexity index is 526. The monoisotopic (exact) mass is 267 g/mol. The molecule has 0 spiro atoms. The van der Waals surface area contributed by atoms with Crippen LogP contribution in [-0.2, 0) is 0 Å². The van der Waals surface area contributed by atoms with Crippen molar-refractivity contribution in [3.05, 3.63) is 71.8 Å². The summed E-state index contributed by atoms with van der Waals surface area (Å²) in [5, 5.41) is 0. The van der Waals surface area contributed by atoms with Crippen LogP contribution in [0.2, 0.25) is 19.6 Å². The molecule has 0 amide bonds. The molecule has 98 valence electrons. The van der Waals surface area contributed by atoms with Gasteiger partial charge in [-0.15, -0.1) is 0 Å². The van der Waals surface area contributed by atoms with E-state index in [-0.39, 0.29) is 0 Å². The van der Waals surface area contributed by atoms with Crippen LogP contribution in [0.15, 0.2) is 65.7 Å². The second-order valence-corrected chi connectivity index (χ2v) is 11.1. The summed E-state index contributed by atoms with van der Waals surface area (Å²) >= 11 is 0. The molecular formula is C17H21NSi. The third-order valence-corrected chi connectivity index (χ3v) is 5.23. The first-order valence-electron chi connectivity index (χ1n) is 6.70. The number of aliphatic imine (C=N–C) groups is 1. The van der Waals surface area contributed by atoms with E-state index in [4.69, 9.17) is 4.99 Å². The molecule has 0 aliphatic heterocycles. The van der Waals surface area contributed by atoms with Crippen molar-refractivity contribution in [2.45, 2.75) is 25.3 Å². The van der Waals surface area contributed by atoms with Gasteiger partial charge in [0.1, 0.15) is 0 Å². The summed E-state index contributed by atoms with van der Waals surface area (Å²) in [6.07, 6.45) is 2.01. The van der Waals surface area contributed by atoms with E-state index in [1.807, 2.05) is 24.4 Å². The maximum atomic E-state index is 4.87. The normalized spacial score (nSPS) is 13.6. The predicted molar refractivity (Wildman–Crippen MR) is 86.6 cm³/mol. The Morgan fingerprint density at radius 3 is 1.89 bits per heavy atom. The number of hydrogen-bond acceptors (Lipinski definition) is 1. The molecule has 1 unspecified atom stereocenters. The van der Waals surface area contributed by atoms with Crippen molar-refractivity contribution in [3.8, 4) is 0 Å². The summed E-state index contributed by atoms with van der Waals surface area (Å²) in [6.45, 7) is 7.10. The first-order chi connectivity index (χ1) is 9.07. The van der Waals surface area contributed by atoms with Crippen LogP contribution in [0.1, 0.15) is 16.8 Å². The van der Waals surface area contributed by atoms with Gasteiger partial charge in [0.25, 0.3) is 0 Å². The average molecular weight is 267 g/mol. The van der Waals surface area contributed by atoms with Crippen LogP contribution in [0.4, 0.5) is 0 Å². The Morgan fingerprint density at radius 2 is 1.37 bits per heavy atom. The molecule has 2 rings (SSSR count). The Labute approximate surface area is 117 Å². The van der Waals surface area contributed by atoms with E-state index in [9.17, 15) is 0 Å². The van der Waals surface area contributed by atoms with E-state index in [1.165, 1.54) is 11.1 Å². The minimum atomic E-state index is -1.38. The van der Waals surface area contributed by atoms with E-state index in [0.717, 1.165) is 0 Å². The summed E-state index contributed by atoms with van der Waals surface area (Å²) in [7, 11) is -1.38. The second-order valence-electron chi connectivity index (χ2n) is 5.87. The Kier molecular flexibility index (Phi) is 4.33. The predicted octanol–water partition coefficient (Wildman–Crippen LogP) is 4.72. The highest BCUT2D eigenvalue weighted by atomic mass is 28.3. The summed E-state index contributed by atoms with van der Waals surface area (Å²) in [5.41, 5.74) is 2.81. The van der Waals surface area contributed by atoms with Gasteiger partial charge in [0.15, 0.2) is 0 Å². The fraction of sp³-hybridized carbons (Fsp3) is 0.235. The Morgan fingerprint density at radius 1 is 0.842 bits per heavy atom. The van der Waals surface area contributed by atoms with Crippen molar-refractivity contribution < 1.29 is 0 Å². The molecular weight excluding hydrogens is 246 g/mol. The van der Waals surface area contributed by atoms with Crippen molar-refractivity contribution >= 4 is 14.3 Å². The molecule has 2 heteroatoms. The van der Waals surface area contributed by atoms with Gasteiger partial charge in [0.2, 0.25) is 0 Å². The van der Waals surface area contributed by atoms with E-state index in [0.29, 0.717) is 5.67 Å². The minimum Gasteiger partial charge on any atom is -0.288 e. The maximum Gasteiger partial charge on any atom is 0.0788 e. The molecule has 0 N–H and O–H groups in total.